The second-order valence-corrected chi connectivity index (χ2v) is 7.84. The molecule has 1 aromatic carbocycles. The maximum absolute atomic E-state index is 13.0. The maximum atomic E-state index is 13.0. The van der Waals surface area contributed by atoms with Crippen LogP contribution in [0.5, 0.6) is 0 Å². The zero-order chi connectivity index (χ0) is 18.1. The predicted molar refractivity (Wildman–Crippen MR) is 96.5 cm³/mol. The van der Waals surface area contributed by atoms with Crippen molar-refractivity contribution in [1.29, 1.82) is 0 Å². The number of carbonyl (C=O) groups is 3. The number of rotatable bonds is 4. The molecule has 2 fully saturated rings. The van der Waals surface area contributed by atoms with Crippen molar-refractivity contribution >= 4 is 18.0 Å². The summed E-state index contributed by atoms with van der Waals surface area (Å²) in [6.07, 6.45) is 3.94. The number of piperidine rings is 1. The van der Waals surface area contributed by atoms with Crippen molar-refractivity contribution in [3.8, 4) is 0 Å². The van der Waals surface area contributed by atoms with Crippen LogP contribution in [0.4, 0.5) is 0 Å². The van der Waals surface area contributed by atoms with E-state index in [1.165, 1.54) is 0 Å². The Kier molecular flexibility index (Phi) is 5.07. The molecule has 3 rings (SSSR count). The number of Topliss-reactive ketones (excluding diaryl/α,β-unsaturated/α-hetero) is 2. The molecule has 4 heteroatoms. The van der Waals surface area contributed by atoms with Gasteiger partial charge in [-0.2, -0.15) is 0 Å². The molecule has 0 N–H and O–H groups in total. The highest BCUT2D eigenvalue weighted by Gasteiger charge is 2.43. The summed E-state index contributed by atoms with van der Waals surface area (Å²) in [7, 11) is 0. The summed E-state index contributed by atoms with van der Waals surface area (Å²) in [5, 5.41) is 0. The lowest BCUT2D eigenvalue weighted by molar-refractivity contribution is -0.125. The molecular formula is C21H27NO3. The van der Waals surface area contributed by atoms with Crippen LogP contribution in [0.25, 0.3) is 0 Å². The van der Waals surface area contributed by atoms with E-state index in [0.717, 1.165) is 61.0 Å². The van der Waals surface area contributed by atoms with E-state index in [1.54, 1.807) is 4.90 Å². The fraction of sp³-hybridized carbons (Fsp3) is 0.571. The molecule has 2 aliphatic rings. The molecule has 2 atom stereocenters. The Bertz CT molecular complexity index is 678. The SMILES string of the molecule is Cc1cc(C)c(C2C(=O)CC(CC3CCN(C=O)CC3)C2=O)c(C)c1. The lowest BCUT2D eigenvalue weighted by Gasteiger charge is -2.30. The minimum atomic E-state index is -0.569. The van der Waals surface area contributed by atoms with Crippen molar-refractivity contribution in [2.45, 2.75) is 52.4 Å². The number of hydrogen-bond donors (Lipinski definition) is 0. The first-order valence-electron chi connectivity index (χ1n) is 9.24. The van der Waals surface area contributed by atoms with E-state index in [9.17, 15) is 14.4 Å². The van der Waals surface area contributed by atoms with Crippen molar-refractivity contribution in [2.24, 2.45) is 11.8 Å². The summed E-state index contributed by atoms with van der Waals surface area (Å²) in [6, 6.07) is 4.12. The number of likely N-dealkylation sites (tertiary alicyclic amines) is 1. The predicted octanol–water partition coefficient (Wildman–Crippen LogP) is 3.11. The van der Waals surface area contributed by atoms with Gasteiger partial charge in [0.1, 0.15) is 11.7 Å². The molecule has 25 heavy (non-hydrogen) atoms. The molecule has 1 aliphatic carbocycles. The third kappa shape index (κ3) is 3.53. The highest BCUT2D eigenvalue weighted by molar-refractivity contribution is 6.15. The van der Waals surface area contributed by atoms with Gasteiger partial charge in [-0.3, -0.25) is 14.4 Å². The van der Waals surface area contributed by atoms with Gasteiger partial charge in [0.2, 0.25) is 6.41 Å². The molecule has 0 radical (unpaired) electrons. The summed E-state index contributed by atoms with van der Waals surface area (Å²) >= 11 is 0. The minimum Gasteiger partial charge on any atom is -0.345 e. The van der Waals surface area contributed by atoms with Crippen molar-refractivity contribution in [2.75, 3.05) is 13.1 Å². The van der Waals surface area contributed by atoms with E-state index >= 15 is 0 Å². The minimum absolute atomic E-state index is 0.0791. The lowest BCUT2D eigenvalue weighted by atomic mass is 9.83. The van der Waals surface area contributed by atoms with Crippen LogP contribution in [-0.4, -0.2) is 36.0 Å². The molecular weight excluding hydrogens is 314 g/mol. The molecule has 1 aliphatic heterocycles. The highest BCUT2D eigenvalue weighted by atomic mass is 16.2. The number of ketones is 2. The third-order valence-electron chi connectivity index (χ3n) is 5.90. The Hall–Kier alpha value is -1.97. The standard InChI is InChI=1S/C21H27NO3/c1-13-8-14(2)19(15(3)9-13)20-18(24)11-17(21(20)25)10-16-4-6-22(12-23)7-5-16/h8-9,12,16-17,20H,4-7,10-11H2,1-3H3. The highest BCUT2D eigenvalue weighted by Crippen LogP contribution is 2.39. The third-order valence-corrected chi connectivity index (χ3v) is 5.90. The lowest BCUT2D eigenvalue weighted by Crippen LogP contribution is -2.33. The second kappa shape index (κ2) is 7.11. The monoisotopic (exact) mass is 341 g/mol. The van der Waals surface area contributed by atoms with Gasteiger partial charge in [-0.15, -0.1) is 0 Å². The number of hydrogen-bond acceptors (Lipinski definition) is 3. The largest absolute Gasteiger partial charge is 0.345 e. The molecule has 0 bridgehead atoms. The van der Waals surface area contributed by atoms with Crippen LogP contribution >= 0.6 is 0 Å². The second-order valence-electron chi connectivity index (χ2n) is 7.84. The van der Waals surface area contributed by atoms with Gasteiger partial charge >= 0.3 is 0 Å². The molecule has 1 heterocycles. The van der Waals surface area contributed by atoms with Gasteiger partial charge in [-0.05, 0) is 62.6 Å². The number of aryl methyl sites for hydroxylation is 3. The van der Waals surface area contributed by atoms with Gasteiger partial charge < -0.3 is 4.90 Å². The number of amides is 1. The molecule has 4 nitrogen and oxygen atoms in total. The molecule has 1 saturated heterocycles. The summed E-state index contributed by atoms with van der Waals surface area (Å²) < 4.78 is 0. The summed E-state index contributed by atoms with van der Waals surface area (Å²) in [5.41, 5.74) is 4.18. The Balaban J connectivity index is 1.74. The number of benzene rings is 1. The number of nitrogens with zero attached hydrogens (tertiary/aromatic N) is 1. The van der Waals surface area contributed by atoms with Gasteiger partial charge in [-0.1, -0.05) is 17.7 Å². The van der Waals surface area contributed by atoms with Crippen LogP contribution in [-0.2, 0) is 14.4 Å². The van der Waals surface area contributed by atoms with E-state index in [2.05, 4.69) is 12.1 Å². The average Bonchev–Trinajstić information content (AvgIpc) is 2.82. The Labute approximate surface area is 149 Å². The van der Waals surface area contributed by atoms with Crippen LogP contribution in [0.3, 0.4) is 0 Å². The maximum Gasteiger partial charge on any atom is 0.209 e. The fourth-order valence-electron chi connectivity index (χ4n) is 4.70. The van der Waals surface area contributed by atoms with Crippen LogP contribution in [0.1, 0.15) is 53.9 Å². The van der Waals surface area contributed by atoms with Crippen molar-refractivity contribution in [3.63, 3.8) is 0 Å². The quantitative estimate of drug-likeness (QED) is 0.624. The molecule has 2 unspecified atom stereocenters. The van der Waals surface area contributed by atoms with E-state index in [0.29, 0.717) is 12.3 Å². The first-order chi connectivity index (χ1) is 11.9. The first-order valence-corrected chi connectivity index (χ1v) is 9.24. The summed E-state index contributed by atoms with van der Waals surface area (Å²) in [5.74, 6) is -0.0868. The van der Waals surface area contributed by atoms with Gasteiger partial charge in [0.15, 0.2) is 5.78 Å². The van der Waals surface area contributed by atoms with Crippen molar-refractivity contribution in [1.82, 2.24) is 4.90 Å². The number of carbonyl (C=O) groups excluding carboxylic acids is 3. The van der Waals surface area contributed by atoms with E-state index < -0.39 is 5.92 Å². The normalized spacial score (nSPS) is 24.8. The molecule has 1 amide bonds. The van der Waals surface area contributed by atoms with Gasteiger partial charge in [0.05, 0.1) is 0 Å². The fourth-order valence-corrected chi connectivity index (χ4v) is 4.70. The molecule has 0 aromatic heterocycles. The van der Waals surface area contributed by atoms with Crippen LogP contribution < -0.4 is 0 Å². The van der Waals surface area contributed by atoms with E-state index in [-0.39, 0.29) is 17.5 Å². The van der Waals surface area contributed by atoms with Gasteiger partial charge in [0.25, 0.3) is 0 Å². The molecule has 0 spiro atoms. The van der Waals surface area contributed by atoms with Crippen molar-refractivity contribution in [3.05, 3.63) is 34.4 Å². The average molecular weight is 341 g/mol. The molecule has 1 aromatic rings. The van der Waals surface area contributed by atoms with Crippen LogP contribution in [0.15, 0.2) is 12.1 Å². The summed E-state index contributed by atoms with van der Waals surface area (Å²) in [6.45, 7) is 7.57. The smallest absolute Gasteiger partial charge is 0.209 e. The Morgan fingerprint density at radius 3 is 2.24 bits per heavy atom. The molecule has 134 valence electrons. The first kappa shape index (κ1) is 17.8. The van der Waals surface area contributed by atoms with E-state index in [1.807, 2.05) is 20.8 Å². The summed E-state index contributed by atoms with van der Waals surface area (Å²) in [4.78, 5) is 38.3. The zero-order valence-electron chi connectivity index (χ0n) is 15.4. The Morgan fingerprint density at radius 1 is 1.08 bits per heavy atom. The van der Waals surface area contributed by atoms with Gasteiger partial charge in [0, 0.05) is 25.4 Å². The zero-order valence-corrected chi connectivity index (χ0v) is 15.4. The Morgan fingerprint density at radius 2 is 1.68 bits per heavy atom. The topological polar surface area (TPSA) is 54.5 Å². The van der Waals surface area contributed by atoms with Crippen molar-refractivity contribution < 1.29 is 14.4 Å². The molecule has 1 saturated carbocycles. The van der Waals surface area contributed by atoms with Crippen LogP contribution in [0, 0.1) is 32.6 Å². The van der Waals surface area contributed by atoms with Gasteiger partial charge in [-0.25, -0.2) is 0 Å². The van der Waals surface area contributed by atoms with Crippen LogP contribution in [0.2, 0.25) is 0 Å². The van der Waals surface area contributed by atoms with E-state index in [4.69, 9.17) is 0 Å².